The summed E-state index contributed by atoms with van der Waals surface area (Å²) in [6.07, 6.45) is 2.71. The predicted octanol–water partition coefficient (Wildman–Crippen LogP) is 5.21. The molecule has 152 valence electrons. The lowest BCUT2D eigenvalue weighted by atomic mass is 10.0. The van der Waals surface area contributed by atoms with Crippen LogP contribution in [0.15, 0.2) is 54.6 Å². The Morgan fingerprint density at radius 2 is 1.72 bits per heavy atom. The van der Waals surface area contributed by atoms with Crippen molar-refractivity contribution in [3.05, 3.63) is 65.2 Å². The van der Waals surface area contributed by atoms with E-state index in [1.54, 1.807) is 0 Å². The Hall–Kier alpha value is -2.01. The quantitative estimate of drug-likeness (QED) is 0.604. The Bertz CT molecular complexity index is 964. The minimum Gasteiger partial charge on any atom is -0.368 e. The summed E-state index contributed by atoms with van der Waals surface area (Å²) in [6, 6.07) is 19.3. The van der Waals surface area contributed by atoms with Crippen LogP contribution in [0.4, 0.5) is 11.5 Å². The van der Waals surface area contributed by atoms with E-state index in [0.29, 0.717) is 6.04 Å². The summed E-state index contributed by atoms with van der Waals surface area (Å²) < 4.78 is 0. The van der Waals surface area contributed by atoms with Crippen molar-refractivity contribution in [1.29, 1.82) is 0 Å². The average Bonchev–Trinajstić information content (AvgIpc) is 3.20. The number of benzene rings is 2. The molecule has 29 heavy (non-hydrogen) atoms. The van der Waals surface area contributed by atoms with Gasteiger partial charge in [-0.1, -0.05) is 41.9 Å². The molecule has 2 aromatic carbocycles. The number of halogens is 2. The highest BCUT2D eigenvalue weighted by Crippen LogP contribution is 2.33. The Labute approximate surface area is 183 Å². The highest BCUT2D eigenvalue weighted by Gasteiger charge is 2.34. The lowest BCUT2D eigenvalue weighted by Crippen LogP contribution is -2.58. The van der Waals surface area contributed by atoms with Gasteiger partial charge in [-0.2, -0.15) is 0 Å². The van der Waals surface area contributed by atoms with Gasteiger partial charge in [0.05, 0.1) is 5.52 Å². The van der Waals surface area contributed by atoms with E-state index in [0.717, 1.165) is 36.0 Å². The number of pyridine rings is 1. The molecule has 6 heteroatoms. The zero-order valence-electron chi connectivity index (χ0n) is 16.4. The summed E-state index contributed by atoms with van der Waals surface area (Å²) in [5.74, 6) is 0.924. The van der Waals surface area contributed by atoms with Crippen molar-refractivity contribution in [2.45, 2.75) is 25.4 Å². The van der Waals surface area contributed by atoms with Crippen LogP contribution in [0, 0.1) is 0 Å². The molecule has 0 unspecified atom stereocenters. The first-order valence-electron chi connectivity index (χ1n) is 10.1. The van der Waals surface area contributed by atoms with E-state index in [2.05, 4.69) is 45.4 Å². The highest BCUT2D eigenvalue weighted by molar-refractivity contribution is 6.30. The summed E-state index contributed by atoms with van der Waals surface area (Å²) in [5, 5.41) is 5.49. The number of rotatable bonds is 5. The van der Waals surface area contributed by atoms with Crippen LogP contribution in [0.1, 0.15) is 18.4 Å². The standard InChI is InChI=1S/C23H25ClN4.ClH/c24-18-9-7-17(8-10-18)14-25-23-13-22(20-5-1-2-6-21(20)26-23)28-15-19(16-28)27-11-3-4-12-27;/h1-2,5-10,13,19H,3-4,11-12,14-16H2,(H,25,26);1H. The Morgan fingerprint density at radius 1 is 1.00 bits per heavy atom. The van der Waals surface area contributed by atoms with E-state index < -0.39 is 0 Å². The van der Waals surface area contributed by atoms with Gasteiger partial charge in [0.2, 0.25) is 0 Å². The molecule has 0 aliphatic carbocycles. The van der Waals surface area contributed by atoms with Crippen LogP contribution in [0.3, 0.4) is 0 Å². The molecular formula is C23H26Cl2N4. The highest BCUT2D eigenvalue weighted by atomic mass is 35.5. The maximum atomic E-state index is 5.99. The van der Waals surface area contributed by atoms with E-state index in [4.69, 9.17) is 16.6 Å². The van der Waals surface area contributed by atoms with Gasteiger partial charge in [-0.15, -0.1) is 12.4 Å². The molecule has 2 aliphatic rings. The first-order chi connectivity index (χ1) is 13.8. The number of aromatic nitrogens is 1. The molecule has 2 aliphatic heterocycles. The lowest BCUT2D eigenvalue weighted by Gasteiger charge is -2.46. The largest absolute Gasteiger partial charge is 0.368 e. The molecular weight excluding hydrogens is 403 g/mol. The Kier molecular flexibility index (Phi) is 6.14. The van der Waals surface area contributed by atoms with E-state index in [9.17, 15) is 0 Å². The fourth-order valence-corrected chi connectivity index (χ4v) is 4.42. The fraction of sp³-hybridized carbons (Fsp3) is 0.348. The second kappa shape index (κ2) is 8.78. The fourth-order valence-electron chi connectivity index (χ4n) is 4.29. The molecule has 1 aromatic heterocycles. The number of hydrogen-bond acceptors (Lipinski definition) is 4. The summed E-state index contributed by atoms with van der Waals surface area (Å²) in [4.78, 5) is 9.98. The van der Waals surface area contributed by atoms with Crippen LogP contribution in [-0.4, -0.2) is 42.1 Å². The molecule has 3 heterocycles. The monoisotopic (exact) mass is 428 g/mol. The minimum absolute atomic E-state index is 0. The molecule has 3 aromatic rings. The summed E-state index contributed by atoms with van der Waals surface area (Å²) in [6.45, 7) is 5.50. The van der Waals surface area contributed by atoms with Crippen molar-refractivity contribution in [2.75, 3.05) is 36.4 Å². The van der Waals surface area contributed by atoms with Crippen molar-refractivity contribution in [1.82, 2.24) is 9.88 Å². The smallest absolute Gasteiger partial charge is 0.129 e. The van der Waals surface area contributed by atoms with Gasteiger partial charge in [0, 0.05) is 47.8 Å². The number of hydrogen-bond donors (Lipinski definition) is 1. The molecule has 0 atom stereocenters. The second-order valence-corrected chi connectivity index (χ2v) is 8.26. The zero-order chi connectivity index (χ0) is 18.9. The van der Waals surface area contributed by atoms with Crippen molar-refractivity contribution >= 4 is 46.4 Å². The molecule has 2 fully saturated rings. The molecule has 1 N–H and O–H groups in total. The van der Waals surface area contributed by atoms with Crippen LogP contribution in [-0.2, 0) is 6.54 Å². The van der Waals surface area contributed by atoms with E-state index in [-0.39, 0.29) is 12.4 Å². The molecule has 0 saturated carbocycles. The van der Waals surface area contributed by atoms with Crippen molar-refractivity contribution < 1.29 is 0 Å². The normalized spacial score (nSPS) is 17.2. The minimum atomic E-state index is 0. The van der Waals surface area contributed by atoms with Gasteiger partial charge in [-0.3, -0.25) is 4.90 Å². The van der Waals surface area contributed by atoms with Gasteiger partial charge in [0.1, 0.15) is 5.82 Å². The topological polar surface area (TPSA) is 31.4 Å². The van der Waals surface area contributed by atoms with Gasteiger partial charge in [0.25, 0.3) is 0 Å². The van der Waals surface area contributed by atoms with E-state index >= 15 is 0 Å². The number of para-hydroxylation sites is 1. The number of nitrogens with one attached hydrogen (secondary N) is 1. The summed E-state index contributed by atoms with van der Waals surface area (Å²) >= 11 is 5.99. The van der Waals surface area contributed by atoms with Crippen LogP contribution < -0.4 is 10.2 Å². The molecule has 2 saturated heterocycles. The van der Waals surface area contributed by atoms with Crippen LogP contribution in [0.5, 0.6) is 0 Å². The van der Waals surface area contributed by atoms with Crippen molar-refractivity contribution in [2.24, 2.45) is 0 Å². The molecule has 0 amide bonds. The van der Waals surface area contributed by atoms with E-state index in [1.807, 2.05) is 24.3 Å². The van der Waals surface area contributed by atoms with Crippen molar-refractivity contribution in [3.63, 3.8) is 0 Å². The molecule has 4 nitrogen and oxygen atoms in total. The third-order valence-electron chi connectivity index (χ3n) is 5.94. The zero-order valence-corrected chi connectivity index (χ0v) is 17.9. The van der Waals surface area contributed by atoms with Gasteiger partial charge < -0.3 is 10.2 Å². The Morgan fingerprint density at radius 3 is 2.48 bits per heavy atom. The van der Waals surface area contributed by atoms with Gasteiger partial charge >= 0.3 is 0 Å². The molecule has 0 spiro atoms. The average molecular weight is 429 g/mol. The van der Waals surface area contributed by atoms with Gasteiger partial charge in [-0.05, 0) is 49.7 Å². The van der Waals surface area contributed by atoms with Gasteiger partial charge in [0.15, 0.2) is 0 Å². The molecule has 0 bridgehead atoms. The van der Waals surface area contributed by atoms with Crippen LogP contribution in [0.2, 0.25) is 5.02 Å². The number of fused-ring (bicyclic) bond motifs is 1. The summed E-state index contributed by atoms with van der Waals surface area (Å²) in [7, 11) is 0. The Balaban J connectivity index is 0.00000205. The first kappa shape index (κ1) is 20.3. The molecule has 0 radical (unpaired) electrons. The number of likely N-dealkylation sites (tertiary alicyclic amines) is 1. The number of anilines is 2. The van der Waals surface area contributed by atoms with E-state index in [1.165, 1.54) is 42.6 Å². The maximum absolute atomic E-state index is 5.99. The predicted molar refractivity (Wildman–Crippen MR) is 125 cm³/mol. The molecule has 5 rings (SSSR count). The third kappa shape index (κ3) is 4.30. The van der Waals surface area contributed by atoms with Gasteiger partial charge in [-0.25, -0.2) is 4.98 Å². The lowest BCUT2D eigenvalue weighted by molar-refractivity contribution is 0.205. The SMILES string of the molecule is Cl.Clc1ccc(CNc2cc(N3CC(N4CCCC4)C3)c3ccccc3n2)cc1. The van der Waals surface area contributed by atoms with Crippen LogP contribution in [0.25, 0.3) is 10.9 Å². The first-order valence-corrected chi connectivity index (χ1v) is 10.5. The second-order valence-electron chi connectivity index (χ2n) is 7.83. The third-order valence-corrected chi connectivity index (χ3v) is 6.19. The van der Waals surface area contributed by atoms with Crippen LogP contribution >= 0.6 is 24.0 Å². The maximum Gasteiger partial charge on any atom is 0.129 e. The number of nitrogens with zero attached hydrogens (tertiary/aromatic N) is 3. The summed E-state index contributed by atoms with van der Waals surface area (Å²) in [5.41, 5.74) is 3.53. The van der Waals surface area contributed by atoms with Crippen molar-refractivity contribution in [3.8, 4) is 0 Å².